The lowest BCUT2D eigenvalue weighted by molar-refractivity contribution is 0.597. The first-order valence-electron chi connectivity index (χ1n) is 9.72. The minimum Gasteiger partial charge on any atom is -0.382 e. The highest BCUT2D eigenvalue weighted by Gasteiger charge is 2.30. The largest absolute Gasteiger partial charge is 0.382 e. The van der Waals surface area contributed by atoms with Gasteiger partial charge in [-0.1, -0.05) is 47.5 Å². The molecule has 0 amide bonds. The number of benzene rings is 3. The summed E-state index contributed by atoms with van der Waals surface area (Å²) in [4.78, 5) is 9.05. The van der Waals surface area contributed by atoms with E-state index in [-0.39, 0.29) is 26.8 Å². The second kappa shape index (κ2) is 8.15. The number of para-hydroxylation sites is 2. The normalized spacial score (nSPS) is 12.2. The Balaban J connectivity index is 1.79. The topological polar surface area (TPSA) is 103 Å². The van der Waals surface area contributed by atoms with Crippen LogP contribution in [0.3, 0.4) is 0 Å². The minimum absolute atomic E-state index is 0.0337. The standard InChI is InChI=1S/C23H15Cl2N5O2S/c24-15-8-10-17(11-9-15)33(31,32)21-20-23(29-19-7-2-1-6-18(19)28-20)30(22(21)26)27-13-14-4-3-5-16(25)12-14/h1-13H,26H2/b27-13-. The van der Waals surface area contributed by atoms with Crippen LogP contribution in [0.15, 0.2) is 87.7 Å². The summed E-state index contributed by atoms with van der Waals surface area (Å²) in [6.07, 6.45) is 1.53. The molecule has 164 valence electrons. The molecule has 33 heavy (non-hydrogen) atoms. The summed E-state index contributed by atoms with van der Waals surface area (Å²) in [5, 5.41) is 5.37. The Morgan fingerprint density at radius 2 is 1.58 bits per heavy atom. The smallest absolute Gasteiger partial charge is 0.212 e. The molecule has 0 aliphatic rings. The van der Waals surface area contributed by atoms with Gasteiger partial charge in [0.1, 0.15) is 16.2 Å². The van der Waals surface area contributed by atoms with Gasteiger partial charge in [0.15, 0.2) is 5.65 Å². The zero-order chi connectivity index (χ0) is 23.2. The molecule has 0 aliphatic carbocycles. The number of aromatic nitrogens is 3. The monoisotopic (exact) mass is 495 g/mol. The molecule has 0 aliphatic heterocycles. The first-order chi connectivity index (χ1) is 15.8. The van der Waals surface area contributed by atoms with Crippen LogP contribution in [0.2, 0.25) is 10.0 Å². The van der Waals surface area contributed by atoms with Crippen molar-refractivity contribution in [3.8, 4) is 0 Å². The second-order valence-electron chi connectivity index (χ2n) is 7.17. The number of nitrogens with two attached hydrogens (primary N) is 1. The van der Waals surface area contributed by atoms with Crippen LogP contribution < -0.4 is 5.73 Å². The van der Waals surface area contributed by atoms with Gasteiger partial charge in [-0.05, 0) is 54.1 Å². The third kappa shape index (κ3) is 3.82. The maximum atomic E-state index is 13.6. The molecule has 5 rings (SSSR count). The van der Waals surface area contributed by atoms with Crippen molar-refractivity contribution in [1.82, 2.24) is 14.6 Å². The van der Waals surface area contributed by atoms with E-state index in [1.807, 2.05) is 12.1 Å². The molecule has 0 unspecified atom stereocenters. The van der Waals surface area contributed by atoms with Gasteiger partial charge in [-0.25, -0.2) is 18.4 Å². The SMILES string of the molecule is Nc1c(S(=O)(=O)c2ccc(Cl)cc2)c2nc3ccccc3nc2n1/N=C\c1cccc(Cl)c1. The second-order valence-corrected chi connectivity index (χ2v) is 9.93. The van der Waals surface area contributed by atoms with Gasteiger partial charge in [0, 0.05) is 10.0 Å². The third-order valence-electron chi connectivity index (χ3n) is 4.99. The Morgan fingerprint density at radius 3 is 2.27 bits per heavy atom. The molecule has 0 saturated carbocycles. The van der Waals surface area contributed by atoms with Crippen LogP contribution in [0, 0.1) is 0 Å². The fourth-order valence-electron chi connectivity index (χ4n) is 3.45. The summed E-state index contributed by atoms with van der Waals surface area (Å²) in [5.41, 5.74) is 8.54. The number of sulfone groups is 1. The molecule has 0 saturated heterocycles. The predicted molar refractivity (Wildman–Crippen MR) is 131 cm³/mol. The Hall–Kier alpha value is -3.46. The van der Waals surface area contributed by atoms with Gasteiger partial charge in [-0.3, -0.25) is 0 Å². The van der Waals surface area contributed by atoms with Gasteiger partial charge in [-0.15, -0.1) is 0 Å². The summed E-state index contributed by atoms with van der Waals surface area (Å²) in [6.45, 7) is 0. The molecule has 2 heterocycles. The first kappa shape index (κ1) is 21.4. The average molecular weight is 496 g/mol. The highest BCUT2D eigenvalue weighted by atomic mass is 35.5. The summed E-state index contributed by atoms with van der Waals surface area (Å²) in [6, 6.07) is 20.1. The van der Waals surface area contributed by atoms with Crippen molar-refractivity contribution in [3.05, 3.63) is 88.4 Å². The van der Waals surface area contributed by atoms with E-state index in [4.69, 9.17) is 28.9 Å². The van der Waals surface area contributed by atoms with Gasteiger partial charge >= 0.3 is 0 Å². The van der Waals surface area contributed by atoms with Crippen LogP contribution in [0.4, 0.5) is 5.82 Å². The average Bonchev–Trinajstić information content (AvgIpc) is 3.07. The molecule has 0 spiro atoms. The van der Waals surface area contributed by atoms with E-state index >= 15 is 0 Å². The number of halogens is 2. The summed E-state index contributed by atoms with van der Waals surface area (Å²) in [5.74, 6) is -0.103. The Kier molecular flexibility index (Phi) is 5.28. The molecule has 2 aromatic heterocycles. The fraction of sp³-hybridized carbons (Fsp3) is 0. The predicted octanol–water partition coefficient (Wildman–Crippen LogP) is 5.19. The molecule has 7 nitrogen and oxygen atoms in total. The van der Waals surface area contributed by atoms with E-state index in [1.54, 1.807) is 36.4 Å². The number of nitrogens with zero attached hydrogens (tertiary/aromatic N) is 4. The van der Waals surface area contributed by atoms with Crippen molar-refractivity contribution in [2.75, 3.05) is 5.73 Å². The molecule has 10 heteroatoms. The molecule has 2 N–H and O–H groups in total. The maximum absolute atomic E-state index is 13.6. The Bertz CT molecular complexity index is 1660. The van der Waals surface area contributed by atoms with E-state index in [9.17, 15) is 8.42 Å². The van der Waals surface area contributed by atoms with E-state index in [2.05, 4.69) is 15.1 Å². The van der Waals surface area contributed by atoms with E-state index in [0.717, 1.165) is 0 Å². The maximum Gasteiger partial charge on any atom is 0.212 e. The molecule has 0 bridgehead atoms. The molecular formula is C23H15Cl2N5O2S. The van der Waals surface area contributed by atoms with Crippen molar-refractivity contribution in [2.24, 2.45) is 5.10 Å². The zero-order valence-electron chi connectivity index (χ0n) is 16.9. The molecule has 3 aromatic carbocycles. The van der Waals surface area contributed by atoms with Crippen LogP contribution >= 0.6 is 23.2 Å². The van der Waals surface area contributed by atoms with Crippen LogP contribution in [0.1, 0.15) is 5.56 Å². The fourth-order valence-corrected chi connectivity index (χ4v) is 5.26. The van der Waals surface area contributed by atoms with Gasteiger partial charge in [0.05, 0.1) is 22.1 Å². The number of hydrogen-bond donors (Lipinski definition) is 1. The number of nitrogen functional groups attached to an aromatic ring is 1. The Labute approximate surface area is 199 Å². The van der Waals surface area contributed by atoms with Crippen LogP contribution in [-0.2, 0) is 9.84 Å². The molecule has 0 radical (unpaired) electrons. The molecule has 0 fully saturated rings. The van der Waals surface area contributed by atoms with Crippen molar-refractivity contribution in [2.45, 2.75) is 9.79 Å². The summed E-state index contributed by atoms with van der Waals surface area (Å²) in [7, 11) is -4.05. The summed E-state index contributed by atoms with van der Waals surface area (Å²) >= 11 is 12.0. The van der Waals surface area contributed by atoms with Crippen molar-refractivity contribution in [1.29, 1.82) is 0 Å². The van der Waals surface area contributed by atoms with Crippen molar-refractivity contribution >= 4 is 67.3 Å². The van der Waals surface area contributed by atoms with Gasteiger partial charge < -0.3 is 5.73 Å². The van der Waals surface area contributed by atoms with Gasteiger partial charge in [-0.2, -0.15) is 9.78 Å². The number of fused-ring (bicyclic) bond motifs is 2. The van der Waals surface area contributed by atoms with Crippen LogP contribution in [-0.4, -0.2) is 29.3 Å². The quantitative estimate of drug-likeness (QED) is 0.345. The molecule has 0 atom stereocenters. The van der Waals surface area contributed by atoms with E-state index in [1.165, 1.54) is 35.2 Å². The Morgan fingerprint density at radius 1 is 0.879 bits per heavy atom. The summed E-state index contributed by atoms with van der Waals surface area (Å²) < 4.78 is 28.4. The highest BCUT2D eigenvalue weighted by molar-refractivity contribution is 7.92. The van der Waals surface area contributed by atoms with Gasteiger partial charge in [0.2, 0.25) is 9.84 Å². The number of hydrogen-bond acceptors (Lipinski definition) is 6. The minimum atomic E-state index is -4.05. The molecular weight excluding hydrogens is 481 g/mol. The number of rotatable bonds is 4. The lowest BCUT2D eigenvalue weighted by atomic mass is 10.2. The lowest BCUT2D eigenvalue weighted by Gasteiger charge is -2.05. The third-order valence-corrected chi connectivity index (χ3v) is 7.31. The first-order valence-corrected chi connectivity index (χ1v) is 12.0. The number of anilines is 1. The molecule has 5 aromatic rings. The van der Waals surface area contributed by atoms with Crippen LogP contribution in [0.5, 0.6) is 0 Å². The van der Waals surface area contributed by atoms with Crippen LogP contribution in [0.25, 0.3) is 22.2 Å². The van der Waals surface area contributed by atoms with Crippen molar-refractivity contribution in [3.63, 3.8) is 0 Å². The highest BCUT2D eigenvalue weighted by Crippen LogP contribution is 2.35. The van der Waals surface area contributed by atoms with Crippen molar-refractivity contribution < 1.29 is 8.42 Å². The van der Waals surface area contributed by atoms with E-state index < -0.39 is 9.84 Å². The zero-order valence-corrected chi connectivity index (χ0v) is 19.2. The lowest BCUT2D eigenvalue weighted by Crippen LogP contribution is -2.06. The van der Waals surface area contributed by atoms with E-state index in [0.29, 0.717) is 26.6 Å². The van der Waals surface area contributed by atoms with Gasteiger partial charge in [0.25, 0.3) is 0 Å².